The van der Waals surface area contributed by atoms with Gasteiger partial charge in [0.05, 0.1) is 16.0 Å². The first kappa shape index (κ1) is 23.9. The van der Waals surface area contributed by atoms with Crippen LogP contribution in [0.2, 0.25) is 0 Å². The van der Waals surface area contributed by atoms with E-state index >= 15 is 0 Å². The number of aromatic nitrogens is 1. The molecule has 1 aliphatic rings. The summed E-state index contributed by atoms with van der Waals surface area (Å²) in [7, 11) is 0. The number of anilines is 1. The first-order valence-corrected chi connectivity index (χ1v) is 12.5. The number of thiazole rings is 1. The van der Waals surface area contributed by atoms with Gasteiger partial charge in [0.15, 0.2) is 0 Å². The Morgan fingerprint density at radius 2 is 1.97 bits per heavy atom. The summed E-state index contributed by atoms with van der Waals surface area (Å²) >= 11 is 3.38. The molecule has 170 valence electrons. The summed E-state index contributed by atoms with van der Waals surface area (Å²) in [5, 5.41) is 4.17. The zero-order valence-electron chi connectivity index (χ0n) is 19.0. The van der Waals surface area contributed by atoms with Gasteiger partial charge in [0.25, 0.3) is 0 Å². The monoisotopic (exact) mass is 462 g/mol. The van der Waals surface area contributed by atoms with Crippen molar-refractivity contribution < 1.29 is 9.53 Å². The van der Waals surface area contributed by atoms with Crippen molar-refractivity contribution in [1.82, 2.24) is 15.0 Å². The highest BCUT2D eigenvalue weighted by Gasteiger charge is 2.26. The number of ether oxygens (including phenoxy) is 1. The molecular weight excluding hydrogens is 428 g/mol. The normalized spacial score (nSPS) is 19.4. The molecule has 1 fully saturated rings. The molecule has 0 bridgehead atoms. The third kappa shape index (κ3) is 7.12. The summed E-state index contributed by atoms with van der Waals surface area (Å²) in [6.45, 7) is 10.2. The van der Waals surface area contributed by atoms with Crippen molar-refractivity contribution in [2.75, 3.05) is 5.73 Å². The number of nitrogen functional groups attached to an aromatic ring is 1. The molecule has 1 amide bonds. The molecule has 0 atom stereocenters. The number of carbonyl (C=O) groups is 1. The third-order valence-corrected chi connectivity index (χ3v) is 7.47. The van der Waals surface area contributed by atoms with Gasteiger partial charge in [0.1, 0.15) is 0 Å². The highest BCUT2D eigenvalue weighted by Crippen LogP contribution is 2.40. The summed E-state index contributed by atoms with van der Waals surface area (Å²) in [6.07, 6.45) is 5.52. The van der Waals surface area contributed by atoms with Crippen molar-refractivity contribution in [2.45, 2.75) is 88.8 Å². The predicted molar refractivity (Wildman–Crippen MR) is 130 cm³/mol. The van der Waals surface area contributed by atoms with E-state index in [0.29, 0.717) is 5.92 Å². The van der Waals surface area contributed by atoms with Crippen LogP contribution in [0.5, 0.6) is 0 Å². The zero-order valence-corrected chi connectivity index (χ0v) is 20.7. The number of nitrogens with one attached hydrogen (secondary N) is 2. The van der Waals surface area contributed by atoms with Crippen molar-refractivity contribution >= 4 is 35.1 Å². The first-order chi connectivity index (χ1) is 14.6. The minimum absolute atomic E-state index is 0.000332. The maximum Gasteiger partial charge on any atom is 0.407 e. The molecule has 0 aliphatic heterocycles. The van der Waals surface area contributed by atoms with E-state index < -0.39 is 0 Å². The summed E-state index contributed by atoms with van der Waals surface area (Å²) in [6, 6.07) is 6.24. The van der Waals surface area contributed by atoms with Crippen LogP contribution in [0.25, 0.3) is 10.4 Å². The van der Waals surface area contributed by atoms with E-state index in [1.807, 2.05) is 32.2 Å². The van der Waals surface area contributed by atoms with Crippen LogP contribution in [-0.4, -0.2) is 28.8 Å². The molecular formula is C23H34N4O2S2. The van der Waals surface area contributed by atoms with Crippen molar-refractivity contribution in [2.24, 2.45) is 0 Å². The van der Waals surface area contributed by atoms with Crippen LogP contribution in [-0.2, 0) is 4.74 Å². The number of benzene rings is 1. The summed E-state index contributed by atoms with van der Waals surface area (Å²) in [5.41, 5.74) is 7.97. The van der Waals surface area contributed by atoms with Crippen LogP contribution in [0, 0.1) is 0 Å². The Bertz CT molecular complexity index is 884. The number of alkyl carbamates (subject to hydrolysis) is 1. The molecule has 1 heterocycles. The van der Waals surface area contributed by atoms with Gasteiger partial charge < -0.3 is 15.8 Å². The molecule has 1 aromatic heterocycles. The van der Waals surface area contributed by atoms with Crippen LogP contribution >= 0.6 is 23.3 Å². The topological polar surface area (TPSA) is 89.3 Å². The van der Waals surface area contributed by atoms with Gasteiger partial charge in [0, 0.05) is 39.8 Å². The minimum atomic E-state index is -0.313. The van der Waals surface area contributed by atoms with Gasteiger partial charge in [-0.2, -0.15) is 0 Å². The second-order valence-corrected chi connectivity index (χ2v) is 11.3. The number of hydrogen-bond acceptors (Lipinski definition) is 7. The number of carbonyl (C=O) groups excluding carboxylic acids is 1. The molecule has 1 aliphatic carbocycles. The van der Waals surface area contributed by atoms with Crippen LogP contribution in [0.15, 0.2) is 29.3 Å². The highest BCUT2D eigenvalue weighted by atomic mass is 32.2. The van der Waals surface area contributed by atoms with E-state index in [-0.39, 0.29) is 23.8 Å². The zero-order chi connectivity index (χ0) is 22.6. The van der Waals surface area contributed by atoms with E-state index in [1.165, 1.54) is 5.01 Å². The molecule has 1 saturated carbocycles. The van der Waals surface area contributed by atoms with E-state index in [4.69, 9.17) is 15.5 Å². The average Bonchev–Trinajstić information content (AvgIpc) is 3.15. The predicted octanol–water partition coefficient (Wildman–Crippen LogP) is 5.95. The largest absolute Gasteiger partial charge is 0.447 e. The fourth-order valence-electron chi connectivity index (χ4n) is 3.54. The lowest BCUT2D eigenvalue weighted by molar-refractivity contribution is 0.109. The van der Waals surface area contributed by atoms with Crippen molar-refractivity contribution in [3.63, 3.8) is 0 Å². The summed E-state index contributed by atoms with van der Waals surface area (Å²) in [5.74, 6) is 0.440. The SMILES string of the molecule is CC(C)OC(=O)NC1CCC(c2ncc(-c3ccc(N)cc3SNC(C)(C)C)s2)CC1. The summed E-state index contributed by atoms with van der Waals surface area (Å²) < 4.78 is 8.68. The quantitative estimate of drug-likeness (QED) is 0.363. The van der Waals surface area contributed by atoms with Gasteiger partial charge in [-0.3, -0.25) is 4.72 Å². The fourth-order valence-corrected chi connectivity index (χ4v) is 5.63. The van der Waals surface area contributed by atoms with Crippen molar-refractivity contribution in [3.8, 4) is 10.4 Å². The molecule has 31 heavy (non-hydrogen) atoms. The van der Waals surface area contributed by atoms with Crippen LogP contribution < -0.4 is 15.8 Å². The third-order valence-electron chi connectivity index (χ3n) is 5.00. The minimum Gasteiger partial charge on any atom is -0.447 e. The molecule has 0 saturated heterocycles. The van der Waals surface area contributed by atoms with E-state index in [9.17, 15) is 4.79 Å². The number of nitrogens with two attached hydrogens (primary N) is 1. The van der Waals surface area contributed by atoms with Crippen LogP contribution in [0.4, 0.5) is 10.5 Å². The first-order valence-electron chi connectivity index (χ1n) is 10.9. The van der Waals surface area contributed by atoms with Gasteiger partial charge in [-0.05, 0) is 84.4 Å². The van der Waals surface area contributed by atoms with Crippen LogP contribution in [0.1, 0.15) is 71.2 Å². The lowest BCUT2D eigenvalue weighted by Crippen LogP contribution is -2.38. The van der Waals surface area contributed by atoms with Crippen molar-refractivity contribution in [3.05, 3.63) is 29.4 Å². The average molecular weight is 463 g/mol. The molecule has 1 aromatic carbocycles. The Kier molecular flexibility index (Phi) is 7.88. The lowest BCUT2D eigenvalue weighted by atomic mass is 9.86. The van der Waals surface area contributed by atoms with Gasteiger partial charge in [-0.15, -0.1) is 11.3 Å². The molecule has 0 unspecified atom stereocenters. The summed E-state index contributed by atoms with van der Waals surface area (Å²) in [4.78, 5) is 18.9. The Hall–Kier alpha value is -1.77. The van der Waals surface area contributed by atoms with Gasteiger partial charge in [-0.25, -0.2) is 9.78 Å². The van der Waals surface area contributed by atoms with Crippen molar-refractivity contribution in [1.29, 1.82) is 0 Å². The van der Waals surface area contributed by atoms with Gasteiger partial charge >= 0.3 is 6.09 Å². The maximum absolute atomic E-state index is 11.8. The second-order valence-electron chi connectivity index (χ2n) is 9.42. The van der Waals surface area contributed by atoms with E-state index in [0.717, 1.165) is 46.7 Å². The number of hydrogen-bond donors (Lipinski definition) is 3. The number of amides is 1. The molecule has 0 spiro atoms. The smallest absolute Gasteiger partial charge is 0.407 e. The molecule has 8 heteroatoms. The molecule has 0 radical (unpaired) electrons. The fraction of sp³-hybridized carbons (Fsp3) is 0.565. The van der Waals surface area contributed by atoms with E-state index in [2.05, 4.69) is 36.9 Å². The maximum atomic E-state index is 11.8. The number of nitrogens with zero attached hydrogens (tertiary/aromatic N) is 1. The molecule has 6 nitrogen and oxygen atoms in total. The Morgan fingerprint density at radius 1 is 1.26 bits per heavy atom. The molecule has 2 aromatic rings. The highest BCUT2D eigenvalue weighted by molar-refractivity contribution is 7.97. The Morgan fingerprint density at radius 3 is 2.61 bits per heavy atom. The van der Waals surface area contributed by atoms with Gasteiger partial charge in [0.2, 0.25) is 0 Å². The standard InChI is InChI=1S/C23H34N4O2S2/c1-14(2)29-22(28)26-17-9-6-15(7-10-17)21-25-13-20(30-21)18-11-8-16(24)12-19(18)31-27-23(3,4)5/h8,11-15,17,27H,6-7,9-10,24H2,1-5H3,(H,26,28). The lowest BCUT2D eigenvalue weighted by Gasteiger charge is -2.28. The second kappa shape index (κ2) is 10.2. The van der Waals surface area contributed by atoms with Crippen LogP contribution in [0.3, 0.4) is 0 Å². The number of rotatable bonds is 6. The Labute approximate surface area is 193 Å². The van der Waals surface area contributed by atoms with E-state index in [1.54, 1.807) is 23.3 Å². The van der Waals surface area contributed by atoms with Gasteiger partial charge in [-0.1, -0.05) is 6.07 Å². The molecule has 3 rings (SSSR count). The molecule has 4 N–H and O–H groups in total. The Balaban J connectivity index is 1.64.